The lowest BCUT2D eigenvalue weighted by Gasteiger charge is -2.13. The highest BCUT2D eigenvalue weighted by Crippen LogP contribution is 2.30. The van der Waals surface area contributed by atoms with Gasteiger partial charge in [-0.1, -0.05) is 35.3 Å². The predicted octanol–water partition coefficient (Wildman–Crippen LogP) is 4.74. The molecule has 0 heterocycles. The van der Waals surface area contributed by atoms with Crippen molar-refractivity contribution < 1.29 is 9.90 Å². The van der Waals surface area contributed by atoms with Gasteiger partial charge in [-0.3, -0.25) is 0 Å². The molecule has 2 rings (SSSR count). The smallest absolute Gasteiger partial charge is 0.339 e. The van der Waals surface area contributed by atoms with E-state index in [1.54, 1.807) is 30.3 Å². The van der Waals surface area contributed by atoms with Crippen LogP contribution in [0.15, 0.2) is 36.4 Å². The minimum absolute atomic E-state index is 0.0449. The van der Waals surface area contributed by atoms with E-state index >= 15 is 0 Å². The third-order valence-electron chi connectivity index (χ3n) is 2.76. The number of halogens is 2. The lowest BCUT2D eigenvalue weighted by molar-refractivity contribution is 0.0698. The Labute approximate surface area is 120 Å². The number of carbonyl (C=O) groups is 1. The summed E-state index contributed by atoms with van der Waals surface area (Å²) >= 11 is 11.9. The monoisotopic (exact) mass is 295 g/mol. The molecular weight excluding hydrogens is 285 g/mol. The maximum absolute atomic E-state index is 11.2. The van der Waals surface area contributed by atoms with Crippen molar-refractivity contribution in [3.63, 3.8) is 0 Å². The van der Waals surface area contributed by atoms with Crippen molar-refractivity contribution in [3.05, 3.63) is 57.6 Å². The van der Waals surface area contributed by atoms with Crippen LogP contribution in [0, 0.1) is 6.92 Å². The van der Waals surface area contributed by atoms with E-state index in [9.17, 15) is 9.90 Å². The van der Waals surface area contributed by atoms with Crippen molar-refractivity contribution in [1.29, 1.82) is 0 Å². The van der Waals surface area contributed by atoms with E-state index in [2.05, 4.69) is 5.32 Å². The average Bonchev–Trinajstić information content (AvgIpc) is 2.34. The molecule has 2 N–H and O–H groups in total. The summed E-state index contributed by atoms with van der Waals surface area (Å²) < 4.78 is 0. The largest absolute Gasteiger partial charge is 0.478 e. The van der Waals surface area contributed by atoms with Gasteiger partial charge in [0.2, 0.25) is 0 Å². The zero-order valence-electron chi connectivity index (χ0n) is 10.1. The van der Waals surface area contributed by atoms with Gasteiger partial charge in [0.15, 0.2) is 0 Å². The maximum atomic E-state index is 11.2. The summed E-state index contributed by atoms with van der Waals surface area (Å²) in [5, 5.41) is 13.1. The molecule has 2 aromatic carbocycles. The molecular formula is C14H11Cl2NO2. The quantitative estimate of drug-likeness (QED) is 0.859. The molecule has 0 atom stereocenters. The van der Waals surface area contributed by atoms with Gasteiger partial charge in [-0.2, -0.15) is 0 Å². The molecule has 0 saturated heterocycles. The standard InChI is InChI=1S/C14H11Cl2NO2/c1-8-9(15)4-2-6-11(8)17-12-7-3-5-10(16)13(12)14(18)19/h2-7,17H,1H3,(H,18,19). The molecule has 0 amide bonds. The van der Waals surface area contributed by atoms with E-state index in [4.69, 9.17) is 23.2 Å². The van der Waals surface area contributed by atoms with E-state index in [0.717, 1.165) is 11.3 Å². The first kappa shape index (κ1) is 13.7. The molecule has 0 aliphatic carbocycles. The first-order chi connectivity index (χ1) is 9.00. The number of nitrogens with one attached hydrogen (secondary N) is 1. The molecule has 0 aromatic heterocycles. The van der Waals surface area contributed by atoms with Gasteiger partial charge < -0.3 is 10.4 Å². The van der Waals surface area contributed by atoms with Gasteiger partial charge in [-0.15, -0.1) is 0 Å². The summed E-state index contributed by atoms with van der Waals surface area (Å²) in [6.07, 6.45) is 0. The Balaban J connectivity index is 2.47. The zero-order chi connectivity index (χ0) is 14.0. The number of aromatic carboxylic acids is 1. The minimum atomic E-state index is -1.08. The Kier molecular flexibility index (Phi) is 3.98. The van der Waals surface area contributed by atoms with E-state index in [1.165, 1.54) is 0 Å². The van der Waals surface area contributed by atoms with Crippen LogP contribution in [0.1, 0.15) is 15.9 Å². The Hall–Kier alpha value is -1.71. The summed E-state index contributed by atoms with van der Waals surface area (Å²) in [6, 6.07) is 10.3. The molecule has 19 heavy (non-hydrogen) atoms. The van der Waals surface area contributed by atoms with Gasteiger partial charge >= 0.3 is 5.97 Å². The highest BCUT2D eigenvalue weighted by atomic mass is 35.5. The highest BCUT2D eigenvalue weighted by Gasteiger charge is 2.15. The molecule has 2 aromatic rings. The summed E-state index contributed by atoms with van der Waals surface area (Å²) in [4.78, 5) is 11.2. The van der Waals surface area contributed by atoms with Crippen molar-refractivity contribution >= 4 is 40.5 Å². The van der Waals surface area contributed by atoms with Gasteiger partial charge in [0.1, 0.15) is 5.56 Å². The lowest BCUT2D eigenvalue weighted by Crippen LogP contribution is -2.04. The van der Waals surface area contributed by atoms with E-state index in [-0.39, 0.29) is 10.6 Å². The third kappa shape index (κ3) is 2.83. The first-order valence-electron chi connectivity index (χ1n) is 5.54. The molecule has 0 spiro atoms. The van der Waals surface area contributed by atoms with Crippen molar-refractivity contribution in [2.45, 2.75) is 6.92 Å². The lowest BCUT2D eigenvalue weighted by atomic mass is 10.1. The van der Waals surface area contributed by atoms with E-state index in [0.29, 0.717) is 10.7 Å². The molecule has 3 nitrogen and oxygen atoms in total. The molecule has 0 aliphatic rings. The molecule has 98 valence electrons. The Morgan fingerprint density at radius 2 is 1.63 bits per heavy atom. The van der Waals surface area contributed by atoms with Gasteiger partial charge in [0.25, 0.3) is 0 Å². The highest BCUT2D eigenvalue weighted by molar-refractivity contribution is 6.34. The van der Waals surface area contributed by atoms with Crippen molar-refractivity contribution in [2.75, 3.05) is 5.32 Å². The van der Waals surface area contributed by atoms with Crippen LogP contribution in [0.4, 0.5) is 11.4 Å². The van der Waals surface area contributed by atoms with Crippen LogP contribution in [0.2, 0.25) is 10.0 Å². The van der Waals surface area contributed by atoms with Crippen LogP contribution in [-0.4, -0.2) is 11.1 Å². The Bertz CT molecular complexity index is 641. The summed E-state index contributed by atoms with van der Waals surface area (Å²) in [5.74, 6) is -1.08. The van der Waals surface area contributed by atoms with Gasteiger partial charge in [0, 0.05) is 10.7 Å². The number of rotatable bonds is 3. The Morgan fingerprint density at radius 3 is 2.26 bits per heavy atom. The van der Waals surface area contributed by atoms with Crippen LogP contribution < -0.4 is 5.32 Å². The van der Waals surface area contributed by atoms with E-state index < -0.39 is 5.97 Å². The number of hydrogen-bond donors (Lipinski definition) is 2. The predicted molar refractivity (Wildman–Crippen MR) is 77.9 cm³/mol. The van der Waals surface area contributed by atoms with Crippen molar-refractivity contribution in [1.82, 2.24) is 0 Å². The molecule has 0 aliphatic heterocycles. The summed E-state index contributed by atoms with van der Waals surface area (Å²) in [6.45, 7) is 1.86. The van der Waals surface area contributed by atoms with Crippen LogP contribution in [0.25, 0.3) is 0 Å². The molecule has 0 fully saturated rings. The number of carboxylic acids is 1. The Morgan fingerprint density at radius 1 is 1.05 bits per heavy atom. The fourth-order valence-corrected chi connectivity index (χ4v) is 2.16. The fraction of sp³-hybridized carbons (Fsp3) is 0.0714. The van der Waals surface area contributed by atoms with Crippen LogP contribution >= 0.6 is 23.2 Å². The van der Waals surface area contributed by atoms with Crippen LogP contribution in [-0.2, 0) is 0 Å². The van der Waals surface area contributed by atoms with Crippen molar-refractivity contribution in [2.24, 2.45) is 0 Å². The third-order valence-corrected chi connectivity index (χ3v) is 3.49. The summed E-state index contributed by atoms with van der Waals surface area (Å²) in [5.41, 5.74) is 2.08. The second-order valence-electron chi connectivity index (χ2n) is 4.00. The molecule has 5 heteroatoms. The summed E-state index contributed by atoms with van der Waals surface area (Å²) in [7, 11) is 0. The van der Waals surface area contributed by atoms with Crippen LogP contribution in [0.5, 0.6) is 0 Å². The van der Waals surface area contributed by atoms with Gasteiger partial charge in [-0.05, 0) is 36.8 Å². The average molecular weight is 296 g/mol. The normalized spacial score (nSPS) is 10.3. The van der Waals surface area contributed by atoms with Crippen LogP contribution in [0.3, 0.4) is 0 Å². The molecule has 0 bridgehead atoms. The number of carboxylic acid groups (broad SMARTS) is 1. The number of hydrogen-bond acceptors (Lipinski definition) is 2. The SMILES string of the molecule is Cc1c(Cl)cccc1Nc1cccc(Cl)c1C(=O)O. The van der Waals surface area contributed by atoms with Gasteiger partial charge in [0.05, 0.1) is 10.7 Å². The first-order valence-corrected chi connectivity index (χ1v) is 6.30. The van der Waals surface area contributed by atoms with Crippen molar-refractivity contribution in [3.8, 4) is 0 Å². The maximum Gasteiger partial charge on any atom is 0.339 e. The number of anilines is 2. The molecule has 0 saturated carbocycles. The second kappa shape index (κ2) is 5.51. The van der Waals surface area contributed by atoms with Gasteiger partial charge in [-0.25, -0.2) is 4.79 Å². The second-order valence-corrected chi connectivity index (χ2v) is 4.82. The minimum Gasteiger partial charge on any atom is -0.478 e. The number of benzene rings is 2. The fourth-order valence-electron chi connectivity index (χ4n) is 1.73. The zero-order valence-corrected chi connectivity index (χ0v) is 11.6. The topological polar surface area (TPSA) is 49.3 Å². The van der Waals surface area contributed by atoms with E-state index in [1.807, 2.05) is 13.0 Å². The molecule has 0 unspecified atom stereocenters. The molecule has 0 radical (unpaired) electrons.